The molecule has 0 aliphatic heterocycles. The Bertz CT molecular complexity index is 788. The first-order valence-corrected chi connectivity index (χ1v) is 7.60. The predicted molar refractivity (Wildman–Crippen MR) is 84.8 cm³/mol. The molecule has 2 aromatic carbocycles. The van der Waals surface area contributed by atoms with Gasteiger partial charge in [-0.25, -0.2) is 0 Å². The molecule has 2 aromatic rings. The van der Waals surface area contributed by atoms with Gasteiger partial charge in [0, 0.05) is 38.2 Å². The number of nitro groups is 1. The molecule has 5 heteroatoms. The molecule has 4 atom stereocenters. The molecule has 118 valence electrons. The standard InChI is InChI=1S/C18H17NO4/c1-22-17-15-11-5-3-4-6-12(11)16(18(17)23-2)14-9-10(19(20)21)7-8-13(14)15/h3-9,15-18H,1-2H3/t15-,16+,17+,18-/m1/s1. The predicted octanol–water partition coefficient (Wildman–Crippen LogP) is 3.22. The summed E-state index contributed by atoms with van der Waals surface area (Å²) < 4.78 is 11.5. The highest BCUT2D eigenvalue weighted by Gasteiger charge is 2.50. The Morgan fingerprint density at radius 3 is 1.91 bits per heavy atom. The van der Waals surface area contributed by atoms with Gasteiger partial charge in [-0.1, -0.05) is 30.3 Å². The van der Waals surface area contributed by atoms with Crippen LogP contribution in [0.2, 0.25) is 0 Å². The summed E-state index contributed by atoms with van der Waals surface area (Å²) in [7, 11) is 3.38. The maximum Gasteiger partial charge on any atom is 0.269 e. The SMILES string of the molecule is CO[C@@H]1[C@H]2c3ccccc3[C@H](c3ccc([N+](=O)[O-])cc32)[C@@H]1OC. The molecule has 0 aromatic heterocycles. The van der Waals surface area contributed by atoms with Crippen molar-refractivity contribution in [2.24, 2.45) is 0 Å². The van der Waals surface area contributed by atoms with Crippen LogP contribution in [0.25, 0.3) is 0 Å². The molecule has 0 saturated carbocycles. The number of benzene rings is 2. The average molecular weight is 311 g/mol. The summed E-state index contributed by atoms with van der Waals surface area (Å²) >= 11 is 0. The molecule has 0 N–H and O–H groups in total. The summed E-state index contributed by atoms with van der Waals surface area (Å²) in [5.74, 6) is 0.00278. The molecule has 5 rings (SSSR count). The lowest BCUT2D eigenvalue weighted by Crippen LogP contribution is -2.49. The van der Waals surface area contributed by atoms with Crippen LogP contribution >= 0.6 is 0 Å². The van der Waals surface area contributed by atoms with Gasteiger partial charge in [0.15, 0.2) is 0 Å². The van der Waals surface area contributed by atoms with Crippen LogP contribution in [0.5, 0.6) is 0 Å². The van der Waals surface area contributed by atoms with Crippen LogP contribution in [0, 0.1) is 10.1 Å². The molecule has 0 spiro atoms. The van der Waals surface area contributed by atoms with Gasteiger partial charge in [0.05, 0.1) is 17.1 Å². The van der Waals surface area contributed by atoms with E-state index in [1.807, 2.05) is 18.2 Å². The van der Waals surface area contributed by atoms with Crippen molar-refractivity contribution in [2.75, 3.05) is 14.2 Å². The molecule has 5 nitrogen and oxygen atoms in total. The summed E-state index contributed by atoms with van der Waals surface area (Å²) in [5, 5.41) is 11.2. The number of ether oxygens (including phenoxy) is 2. The third kappa shape index (κ3) is 1.87. The lowest BCUT2D eigenvalue weighted by atomic mass is 9.61. The third-order valence-electron chi connectivity index (χ3n) is 5.14. The van der Waals surface area contributed by atoms with Gasteiger partial charge in [-0.3, -0.25) is 10.1 Å². The van der Waals surface area contributed by atoms with Crippen LogP contribution in [-0.2, 0) is 9.47 Å². The number of non-ortho nitro benzene ring substituents is 1. The van der Waals surface area contributed by atoms with Crippen LogP contribution in [0.4, 0.5) is 5.69 Å². The molecule has 0 fully saturated rings. The minimum absolute atomic E-state index is 0.0407. The van der Waals surface area contributed by atoms with E-state index in [9.17, 15) is 10.1 Å². The van der Waals surface area contributed by atoms with Crippen molar-refractivity contribution in [2.45, 2.75) is 24.0 Å². The second kappa shape index (κ2) is 5.15. The molecular formula is C18H17NO4. The Kier molecular flexibility index (Phi) is 3.21. The Morgan fingerprint density at radius 2 is 1.39 bits per heavy atom. The summed E-state index contributed by atoms with van der Waals surface area (Å²) in [6.07, 6.45) is -0.233. The van der Waals surface area contributed by atoms with E-state index < -0.39 is 0 Å². The smallest absolute Gasteiger partial charge is 0.269 e. The maximum absolute atomic E-state index is 11.2. The minimum Gasteiger partial charge on any atom is -0.378 e. The lowest BCUT2D eigenvalue weighted by Gasteiger charge is -2.49. The van der Waals surface area contributed by atoms with Crippen molar-refractivity contribution >= 4 is 5.69 Å². The fourth-order valence-electron chi connectivity index (χ4n) is 4.27. The van der Waals surface area contributed by atoms with E-state index in [1.165, 1.54) is 11.1 Å². The van der Waals surface area contributed by atoms with E-state index in [0.29, 0.717) is 0 Å². The van der Waals surface area contributed by atoms with Crippen molar-refractivity contribution < 1.29 is 14.4 Å². The van der Waals surface area contributed by atoms with Gasteiger partial charge in [0.1, 0.15) is 0 Å². The van der Waals surface area contributed by atoms with Crippen LogP contribution < -0.4 is 0 Å². The van der Waals surface area contributed by atoms with Crippen molar-refractivity contribution in [3.8, 4) is 0 Å². The van der Waals surface area contributed by atoms with Crippen molar-refractivity contribution in [3.05, 3.63) is 74.8 Å². The monoisotopic (exact) mass is 311 g/mol. The zero-order valence-electron chi connectivity index (χ0n) is 12.9. The molecule has 0 heterocycles. The maximum atomic E-state index is 11.2. The fourth-order valence-corrected chi connectivity index (χ4v) is 4.27. The quantitative estimate of drug-likeness (QED) is 0.645. The van der Waals surface area contributed by atoms with Crippen LogP contribution in [0.1, 0.15) is 34.1 Å². The lowest BCUT2D eigenvalue weighted by molar-refractivity contribution is -0.385. The highest BCUT2D eigenvalue weighted by atomic mass is 16.6. The van der Waals surface area contributed by atoms with E-state index >= 15 is 0 Å². The van der Waals surface area contributed by atoms with Crippen molar-refractivity contribution in [1.29, 1.82) is 0 Å². The first-order valence-electron chi connectivity index (χ1n) is 7.60. The van der Waals surface area contributed by atoms with Crippen LogP contribution in [0.15, 0.2) is 42.5 Å². The zero-order chi connectivity index (χ0) is 16.1. The van der Waals surface area contributed by atoms with Crippen molar-refractivity contribution in [1.82, 2.24) is 0 Å². The van der Waals surface area contributed by atoms with Gasteiger partial charge in [-0.2, -0.15) is 0 Å². The second-order valence-electron chi connectivity index (χ2n) is 6.06. The Balaban J connectivity index is 1.99. The third-order valence-corrected chi connectivity index (χ3v) is 5.14. The molecule has 0 unspecified atom stereocenters. The Morgan fingerprint density at radius 1 is 0.870 bits per heavy atom. The first kappa shape index (κ1) is 14.4. The Hall–Kier alpha value is -2.24. The van der Waals surface area contributed by atoms with E-state index in [4.69, 9.17) is 9.47 Å². The summed E-state index contributed by atoms with van der Waals surface area (Å²) in [6, 6.07) is 13.4. The number of nitrogens with zero attached hydrogens (tertiary/aromatic N) is 1. The molecule has 0 saturated heterocycles. The number of hydrogen-bond donors (Lipinski definition) is 0. The first-order chi connectivity index (χ1) is 11.2. The van der Waals surface area contributed by atoms with Gasteiger partial charge >= 0.3 is 0 Å². The molecule has 0 amide bonds. The number of rotatable bonds is 3. The molecule has 0 radical (unpaired) electrons. The second-order valence-corrected chi connectivity index (χ2v) is 6.06. The topological polar surface area (TPSA) is 61.6 Å². The van der Waals surface area contributed by atoms with E-state index in [2.05, 4.69) is 12.1 Å². The van der Waals surface area contributed by atoms with E-state index in [0.717, 1.165) is 11.1 Å². The van der Waals surface area contributed by atoms with Gasteiger partial charge in [0.2, 0.25) is 0 Å². The fraction of sp³-hybridized carbons (Fsp3) is 0.333. The summed E-state index contributed by atoms with van der Waals surface area (Å²) in [6.45, 7) is 0. The average Bonchev–Trinajstić information content (AvgIpc) is 2.60. The molecule has 2 bridgehead atoms. The molecule has 3 aliphatic carbocycles. The van der Waals surface area contributed by atoms with Crippen LogP contribution in [0.3, 0.4) is 0 Å². The molecular weight excluding hydrogens is 294 g/mol. The molecule has 23 heavy (non-hydrogen) atoms. The van der Waals surface area contributed by atoms with Gasteiger partial charge in [0.25, 0.3) is 5.69 Å². The summed E-state index contributed by atoms with van der Waals surface area (Å²) in [5.41, 5.74) is 4.64. The minimum atomic E-state index is -0.343. The van der Waals surface area contributed by atoms with E-state index in [-0.39, 0.29) is 34.7 Å². The number of hydrogen-bond acceptors (Lipinski definition) is 4. The van der Waals surface area contributed by atoms with Gasteiger partial charge < -0.3 is 9.47 Å². The largest absolute Gasteiger partial charge is 0.378 e. The normalized spacial score (nSPS) is 27.4. The number of methoxy groups -OCH3 is 2. The van der Waals surface area contributed by atoms with Gasteiger partial charge in [-0.15, -0.1) is 0 Å². The molecule has 3 aliphatic rings. The Labute approximate surface area is 134 Å². The van der Waals surface area contributed by atoms with Crippen LogP contribution in [-0.4, -0.2) is 31.4 Å². The van der Waals surface area contributed by atoms with E-state index in [1.54, 1.807) is 26.4 Å². The number of nitro benzene ring substituents is 1. The highest BCUT2D eigenvalue weighted by molar-refractivity contribution is 5.60. The highest BCUT2D eigenvalue weighted by Crippen LogP contribution is 2.54. The zero-order valence-corrected chi connectivity index (χ0v) is 12.9. The summed E-state index contributed by atoms with van der Waals surface area (Å²) in [4.78, 5) is 10.8. The van der Waals surface area contributed by atoms with Gasteiger partial charge in [-0.05, 0) is 22.3 Å². The van der Waals surface area contributed by atoms with Crippen molar-refractivity contribution in [3.63, 3.8) is 0 Å². The number of fused-ring (bicyclic) bond motifs is 1.